The molecule has 0 saturated carbocycles. The van der Waals surface area contributed by atoms with Crippen LogP contribution in [-0.2, 0) is 0 Å². The molecule has 0 spiro atoms. The first-order chi connectivity index (χ1) is 8.04. The number of nitriles is 2. The van der Waals surface area contributed by atoms with E-state index < -0.39 is 36.8 Å². The summed E-state index contributed by atoms with van der Waals surface area (Å²) >= 11 is 0. The highest BCUT2D eigenvalue weighted by molar-refractivity contribution is 5.13. The Balaban J connectivity index is 4.47. The first kappa shape index (κ1) is 16.6. The van der Waals surface area contributed by atoms with Gasteiger partial charge in [-0.2, -0.15) is 23.7 Å². The second-order valence-corrected chi connectivity index (χ2v) is 4.34. The normalized spacial score (nSPS) is 12.9. The van der Waals surface area contributed by atoms with Crippen molar-refractivity contribution in [3.8, 4) is 12.1 Å². The van der Waals surface area contributed by atoms with Crippen LogP contribution in [0.3, 0.4) is 0 Å². The topological polar surface area (TPSA) is 47.6 Å². The van der Waals surface area contributed by atoms with E-state index in [0.717, 1.165) is 0 Å². The van der Waals surface area contributed by atoms with E-state index in [1.54, 1.807) is 0 Å². The van der Waals surface area contributed by atoms with E-state index in [1.165, 1.54) is 12.1 Å². The summed E-state index contributed by atoms with van der Waals surface area (Å²) < 4.78 is 61.2. The molecule has 0 unspecified atom stereocenters. The second-order valence-electron chi connectivity index (χ2n) is 4.34. The predicted molar refractivity (Wildman–Crippen MR) is 53.4 cm³/mol. The molecule has 0 N–H and O–H groups in total. The minimum absolute atomic E-state index is 0.164. The number of halogens is 5. The lowest BCUT2D eigenvalue weighted by atomic mass is 9.81. The molecule has 0 aliphatic carbocycles. The maximum atomic E-state index is 12.5. The molecule has 0 aromatic rings. The van der Waals surface area contributed by atoms with Gasteiger partial charge in [0, 0.05) is 12.8 Å². The van der Waals surface area contributed by atoms with Crippen LogP contribution in [0.25, 0.3) is 0 Å². The Labute approximate surface area is 102 Å². The van der Waals surface area contributed by atoms with Gasteiger partial charge in [-0.05, 0) is 26.2 Å². The van der Waals surface area contributed by atoms with E-state index in [-0.39, 0.29) is 12.8 Å². The van der Waals surface area contributed by atoms with Crippen molar-refractivity contribution in [2.45, 2.75) is 51.1 Å². The van der Waals surface area contributed by atoms with E-state index in [9.17, 15) is 22.0 Å². The van der Waals surface area contributed by atoms with Crippen LogP contribution in [0.4, 0.5) is 22.0 Å². The summed E-state index contributed by atoms with van der Waals surface area (Å²) in [6, 6.07) is 3.04. The fourth-order valence-electron chi connectivity index (χ4n) is 1.43. The van der Waals surface area contributed by atoms with E-state index in [1.807, 2.05) is 0 Å². The zero-order valence-electron chi connectivity index (χ0n) is 9.82. The summed E-state index contributed by atoms with van der Waals surface area (Å²) in [5, 5.41) is 17.6. The minimum atomic E-state index is -4.46. The lowest BCUT2D eigenvalue weighted by Gasteiger charge is -2.20. The van der Waals surface area contributed by atoms with Gasteiger partial charge in [-0.3, -0.25) is 0 Å². The monoisotopic (exact) mass is 268 g/mol. The van der Waals surface area contributed by atoms with Crippen molar-refractivity contribution in [2.24, 2.45) is 5.41 Å². The first-order valence-corrected chi connectivity index (χ1v) is 5.31. The van der Waals surface area contributed by atoms with E-state index >= 15 is 0 Å². The molecule has 0 bridgehead atoms. The third kappa shape index (κ3) is 7.05. The number of rotatable bonds is 6. The summed E-state index contributed by atoms with van der Waals surface area (Å²) in [6.07, 6.45) is -7.41. The molecule has 0 saturated heterocycles. The van der Waals surface area contributed by atoms with Crippen LogP contribution < -0.4 is 0 Å². The van der Waals surface area contributed by atoms with Crippen molar-refractivity contribution in [1.82, 2.24) is 0 Å². The molecular weight excluding hydrogens is 255 g/mol. The van der Waals surface area contributed by atoms with Crippen molar-refractivity contribution in [3.63, 3.8) is 0 Å². The minimum Gasteiger partial charge on any atom is -0.207 e. The summed E-state index contributed by atoms with van der Waals surface area (Å²) in [5.41, 5.74) is -1.83. The zero-order valence-corrected chi connectivity index (χ0v) is 9.82. The first-order valence-electron chi connectivity index (χ1n) is 5.31. The fourth-order valence-corrected chi connectivity index (χ4v) is 1.43. The van der Waals surface area contributed by atoms with Crippen LogP contribution in [0.2, 0.25) is 0 Å². The highest BCUT2D eigenvalue weighted by Crippen LogP contribution is 2.35. The van der Waals surface area contributed by atoms with Crippen molar-refractivity contribution < 1.29 is 22.0 Å². The Morgan fingerprint density at radius 2 is 1.33 bits per heavy atom. The molecular formula is C11H13F5N2. The van der Waals surface area contributed by atoms with Crippen molar-refractivity contribution in [2.75, 3.05) is 0 Å². The molecule has 102 valence electrons. The Bertz CT molecular complexity index is 328. The van der Waals surface area contributed by atoms with E-state index in [2.05, 4.69) is 0 Å². The molecule has 7 heteroatoms. The molecule has 0 aromatic carbocycles. The third-order valence-corrected chi connectivity index (χ3v) is 2.48. The molecule has 0 amide bonds. The lowest BCUT2D eigenvalue weighted by Crippen LogP contribution is -2.21. The third-order valence-electron chi connectivity index (χ3n) is 2.48. The van der Waals surface area contributed by atoms with Crippen LogP contribution in [0.5, 0.6) is 0 Å². The van der Waals surface area contributed by atoms with Gasteiger partial charge in [0.05, 0.1) is 12.1 Å². The molecule has 2 nitrogen and oxygen atoms in total. The fraction of sp³-hybridized carbons (Fsp3) is 0.818. The number of hydrogen-bond acceptors (Lipinski definition) is 2. The predicted octanol–water partition coefficient (Wildman–Crippen LogP) is 4.19. The van der Waals surface area contributed by atoms with Crippen LogP contribution >= 0.6 is 0 Å². The van der Waals surface area contributed by atoms with Crippen LogP contribution in [0, 0.1) is 28.1 Å². The molecule has 0 rings (SSSR count). The number of hydrogen-bond donors (Lipinski definition) is 0. The summed E-state index contributed by atoms with van der Waals surface area (Å²) in [6.45, 7) is 0.684. The summed E-state index contributed by atoms with van der Waals surface area (Å²) in [7, 11) is 0. The average molecular weight is 268 g/mol. The van der Waals surface area contributed by atoms with Gasteiger partial charge in [0.2, 0.25) is 5.92 Å². The van der Waals surface area contributed by atoms with Gasteiger partial charge in [-0.1, -0.05) is 0 Å². The van der Waals surface area contributed by atoms with E-state index in [4.69, 9.17) is 10.5 Å². The van der Waals surface area contributed by atoms with Gasteiger partial charge >= 0.3 is 6.18 Å². The van der Waals surface area contributed by atoms with Gasteiger partial charge < -0.3 is 0 Å². The molecule has 18 heavy (non-hydrogen) atoms. The van der Waals surface area contributed by atoms with Crippen LogP contribution in [-0.4, -0.2) is 12.1 Å². The van der Waals surface area contributed by atoms with Crippen molar-refractivity contribution >= 4 is 0 Å². The largest absolute Gasteiger partial charge is 0.389 e. The van der Waals surface area contributed by atoms with E-state index in [0.29, 0.717) is 6.92 Å². The SMILES string of the molecule is CC(F)(F)CCCC(C#N)(C#N)CCC(F)(F)F. The molecule has 0 aliphatic heterocycles. The Morgan fingerprint density at radius 1 is 0.833 bits per heavy atom. The Kier molecular flexibility index (Phi) is 5.54. The van der Waals surface area contributed by atoms with Gasteiger partial charge in [0.1, 0.15) is 5.41 Å². The Morgan fingerprint density at radius 3 is 1.67 bits per heavy atom. The van der Waals surface area contributed by atoms with Crippen molar-refractivity contribution in [3.05, 3.63) is 0 Å². The van der Waals surface area contributed by atoms with Gasteiger partial charge in [-0.15, -0.1) is 0 Å². The smallest absolute Gasteiger partial charge is 0.207 e. The molecule has 0 radical (unpaired) electrons. The number of alkyl halides is 5. The summed E-state index contributed by atoms with van der Waals surface area (Å²) in [4.78, 5) is 0. The average Bonchev–Trinajstić information content (AvgIpc) is 2.20. The van der Waals surface area contributed by atoms with Gasteiger partial charge in [0.15, 0.2) is 0 Å². The lowest BCUT2D eigenvalue weighted by molar-refractivity contribution is -0.138. The Hall–Kier alpha value is -1.37. The van der Waals surface area contributed by atoms with Crippen molar-refractivity contribution in [1.29, 1.82) is 10.5 Å². The quantitative estimate of drug-likeness (QED) is 0.678. The maximum Gasteiger partial charge on any atom is 0.389 e. The highest BCUT2D eigenvalue weighted by Gasteiger charge is 2.37. The molecule has 0 fully saturated rings. The second kappa shape index (κ2) is 5.99. The highest BCUT2D eigenvalue weighted by atomic mass is 19.4. The number of nitrogens with zero attached hydrogens (tertiary/aromatic N) is 2. The zero-order chi connectivity index (χ0) is 14.4. The van der Waals surface area contributed by atoms with Gasteiger partial charge in [0.25, 0.3) is 0 Å². The van der Waals surface area contributed by atoms with Crippen LogP contribution in [0.15, 0.2) is 0 Å². The molecule has 0 heterocycles. The maximum absolute atomic E-state index is 12.5. The molecule has 0 atom stereocenters. The molecule has 0 aliphatic rings. The van der Waals surface area contributed by atoms with Gasteiger partial charge in [-0.25, -0.2) is 8.78 Å². The standard InChI is InChI=1S/C11H13F5N2/c1-9(12,13)3-2-4-10(7-17,8-18)5-6-11(14,15)16/h2-6H2,1H3. The molecule has 0 aromatic heterocycles. The van der Waals surface area contributed by atoms with Crippen LogP contribution in [0.1, 0.15) is 39.0 Å². The summed E-state index contributed by atoms with van der Waals surface area (Å²) in [5.74, 6) is -2.94.